The first-order chi connectivity index (χ1) is 11.1. The van der Waals surface area contributed by atoms with Gasteiger partial charge in [-0.05, 0) is 12.1 Å². The number of hydrogen-bond acceptors (Lipinski definition) is 8. The van der Waals surface area contributed by atoms with Gasteiger partial charge < -0.3 is 24.1 Å². The maximum atomic E-state index is 12.1. The van der Waals surface area contributed by atoms with Crippen molar-refractivity contribution in [3.05, 3.63) is 30.3 Å². The highest BCUT2D eigenvalue weighted by molar-refractivity contribution is 7.86. The second kappa shape index (κ2) is 7.22. The fourth-order valence-corrected chi connectivity index (χ4v) is 3.43. The van der Waals surface area contributed by atoms with Crippen LogP contribution in [0.25, 0.3) is 0 Å². The van der Waals surface area contributed by atoms with Gasteiger partial charge in [-0.2, -0.15) is 8.42 Å². The first-order valence-electron chi connectivity index (χ1n) is 7.13. The Morgan fingerprint density at radius 1 is 1.17 bits per heavy atom. The van der Waals surface area contributed by atoms with Crippen LogP contribution in [0.1, 0.15) is 0 Å². The zero-order valence-corrected chi connectivity index (χ0v) is 13.1. The lowest BCUT2D eigenvalue weighted by atomic mass is 10.0. The molecule has 1 N–H and O–H groups in total. The summed E-state index contributed by atoms with van der Waals surface area (Å²) < 4.78 is 50.2. The van der Waals surface area contributed by atoms with Gasteiger partial charge in [0.05, 0.1) is 18.1 Å². The lowest BCUT2D eigenvalue weighted by Gasteiger charge is -2.41. The standard InChI is InChI=1S/C14H18O8S/c15-11(6-22-23(16,17)10-4-2-1-3-5-10)13-14-12(19-9-21-13)7-18-8-20-14/h1-5,11-15H,6-9H2. The molecule has 4 unspecified atom stereocenters. The van der Waals surface area contributed by atoms with Crippen molar-refractivity contribution in [1.82, 2.24) is 0 Å². The summed E-state index contributed by atoms with van der Waals surface area (Å²) in [6.07, 6.45) is -2.81. The number of rotatable bonds is 5. The third-order valence-corrected chi connectivity index (χ3v) is 4.96. The van der Waals surface area contributed by atoms with Gasteiger partial charge in [0, 0.05) is 0 Å². The van der Waals surface area contributed by atoms with E-state index >= 15 is 0 Å². The number of hydrogen-bond donors (Lipinski definition) is 1. The molecule has 23 heavy (non-hydrogen) atoms. The van der Waals surface area contributed by atoms with Crippen LogP contribution in [-0.4, -0.2) is 64.7 Å². The van der Waals surface area contributed by atoms with Crippen LogP contribution in [0.3, 0.4) is 0 Å². The number of ether oxygens (including phenoxy) is 4. The highest BCUT2D eigenvalue weighted by Gasteiger charge is 2.42. The number of aliphatic hydroxyl groups excluding tert-OH is 1. The van der Waals surface area contributed by atoms with Crippen molar-refractivity contribution in [2.75, 3.05) is 26.8 Å². The first-order valence-corrected chi connectivity index (χ1v) is 8.54. The highest BCUT2D eigenvalue weighted by atomic mass is 32.2. The van der Waals surface area contributed by atoms with Crippen LogP contribution < -0.4 is 0 Å². The Kier molecular flexibility index (Phi) is 5.27. The zero-order chi connectivity index (χ0) is 16.3. The van der Waals surface area contributed by atoms with Crippen molar-refractivity contribution in [1.29, 1.82) is 0 Å². The van der Waals surface area contributed by atoms with E-state index in [0.717, 1.165) is 0 Å². The van der Waals surface area contributed by atoms with Crippen LogP contribution in [0.15, 0.2) is 35.2 Å². The molecule has 0 amide bonds. The van der Waals surface area contributed by atoms with E-state index in [-0.39, 0.29) is 24.6 Å². The smallest absolute Gasteiger partial charge is 0.297 e. The summed E-state index contributed by atoms with van der Waals surface area (Å²) in [5.74, 6) is 0. The number of aliphatic hydroxyl groups is 1. The molecule has 2 fully saturated rings. The second-order valence-corrected chi connectivity index (χ2v) is 6.81. The molecule has 3 rings (SSSR count). The molecule has 2 saturated heterocycles. The minimum absolute atomic E-state index is 0.0267. The fraction of sp³-hybridized carbons (Fsp3) is 0.571. The Bertz CT molecular complexity index is 602. The summed E-state index contributed by atoms with van der Waals surface area (Å²) in [6, 6.07) is 7.73. The van der Waals surface area contributed by atoms with Crippen molar-refractivity contribution in [2.24, 2.45) is 0 Å². The lowest BCUT2D eigenvalue weighted by molar-refractivity contribution is -0.314. The molecule has 0 aliphatic carbocycles. The topological polar surface area (TPSA) is 101 Å². The summed E-state index contributed by atoms with van der Waals surface area (Å²) in [4.78, 5) is 0.0280. The zero-order valence-electron chi connectivity index (χ0n) is 12.2. The normalized spacial score (nSPS) is 29.7. The van der Waals surface area contributed by atoms with Gasteiger partial charge in [0.1, 0.15) is 38.0 Å². The molecule has 2 heterocycles. The van der Waals surface area contributed by atoms with Crippen LogP contribution >= 0.6 is 0 Å². The molecule has 0 spiro atoms. The molecule has 9 heteroatoms. The second-order valence-electron chi connectivity index (χ2n) is 5.19. The van der Waals surface area contributed by atoms with E-state index in [4.69, 9.17) is 23.1 Å². The van der Waals surface area contributed by atoms with Crippen LogP contribution in [0.4, 0.5) is 0 Å². The lowest BCUT2D eigenvalue weighted by Crippen LogP contribution is -2.57. The Hall–Kier alpha value is -1.07. The summed E-state index contributed by atoms with van der Waals surface area (Å²) in [7, 11) is -3.94. The van der Waals surface area contributed by atoms with Gasteiger partial charge in [-0.15, -0.1) is 0 Å². The van der Waals surface area contributed by atoms with Gasteiger partial charge in [0.25, 0.3) is 10.1 Å². The summed E-state index contributed by atoms with van der Waals surface area (Å²) in [5, 5.41) is 10.2. The van der Waals surface area contributed by atoms with Crippen molar-refractivity contribution in [3.63, 3.8) is 0 Å². The summed E-state index contributed by atoms with van der Waals surface area (Å²) in [6.45, 7) is -0.0585. The minimum atomic E-state index is -3.94. The monoisotopic (exact) mass is 346 g/mol. The van der Waals surface area contributed by atoms with Gasteiger partial charge in [-0.25, -0.2) is 0 Å². The maximum absolute atomic E-state index is 12.1. The molecular formula is C14H18O8S. The van der Waals surface area contributed by atoms with Gasteiger partial charge in [0.2, 0.25) is 0 Å². The van der Waals surface area contributed by atoms with Gasteiger partial charge in [-0.3, -0.25) is 4.18 Å². The molecule has 2 aliphatic rings. The first kappa shape index (κ1) is 16.8. The van der Waals surface area contributed by atoms with Gasteiger partial charge in [0.15, 0.2) is 0 Å². The molecule has 1 aromatic carbocycles. The van der Waals surface area contributed by atoms with Gasteiger partial charge in [-0.1, -0.05) is 18.2 Å². The summed E-state index contributed by atoms with van der Waals surface area (Å²) >= 11 is 0. The van der Waals surface area contributed by atoms with E-state index in [2.05, 4.69) is 0 Å². The van der Waals surface area contributed by atoms with E-state index in [9.17, 15) is 13.5 Å². The molecule has 128 valence electrons. The van der Waals surface area contributed by atoms with Crippen LogP contribution in [0, 0.1) is 0 Å². The van der Waals surface area contributed by atoms with Crippen molar-refractivity contribution in [2.45, 2.75) is 29.3 Å². The SMILES string of the molecule is O=S(=O)(OCC(O)C1OCOC2COCOC21)c1ccccc1. The van der Waals surface area contributed by atoms with E-state index in [1.54, 1.807) is 18.2 Å². The molecule has 1 aromatic rings. The van der Waals surface area contributed by atoms with E-state index < -0.39 is 35.0 Å². The Morgan fingerprint density at radius 2 is 1.96 bits per heavy atom. The average molecular weight is 346 g/mol. The average Bonchev–Trinajstić information content (AvgIpc) is 2.60. The molecule has 0 aromatic heterocycles. The fourth-order valence-electron chi connectivity index (χ4n) is 2.48. The molecule has 0 saturated carbocycles. The van der Waals surface area contributed by atoms with E-state index in [1.807, 2.05) is 0 Å². The van der Waals surface area contributed by atoms with E-state index in [0.29, 0.717) is 6.61 Å². The van der Waals surface area contributed by atoms with Crippen molar-refractivity contribution >= 4 is 10.1 Å². The highest BCUT2D eigenvalue weighted by Crippen LogP contribution is 2.24. The molecular weight excluding hydrogens is 328 g/mol. The molecule has 0 radical (unpaired) electrons. The minimum Gasteiger partial charge on any atom is -0.388 e. The Labute approximate surface area is 134 Å². The Morgan fingerprint density at radius 3 is 2.74 bits per heavy atom. The molecule has 0 bridgehead atoms. The van der Waals surface area contributed by atoms with Crippen molar-refractivity contribution in [3.8, 4) is 0 Å². The molecule has 2 aliphatic heterocycles. The maximum Gasteiger partial charge on any atom is 0.297 e. The number of fused-ring (bicyclic) bond motifs is 1. The largest absolute Gasteiger partial charge is 0.388 e. The quantitative estimate of drug-likeness (QED) is 0.736. The predicted octanol–water partition coefficient (Wildman–Crippen LogP) is -0.133. The third kappa shape index (κ3) is 3.89. The third-order valence-electron chi connectivity index (χ3n) is 3.66. The molecule has 4 atom stereocenters. The Balaban J connectivity index is 1.61. The number of benzene rings is 1. The van der Waals surface area contributed by atoms with Crippen LogP contribution in [0.2, 0.25) is 0 Å². The van der Waals surface area contributed by atoms with Crippen LogP contribution in [0.5, 0.6) is 0 Å². The van der Waals surface area contributed by atoms with Crippen molar-refractivity contribution < 1.29 is 36.7 Å². The summed E-state index contributed by atoms with van der Waals surface area (Å²) in [5.41, 5.74) is 0. The van der Waals surface area contributed by atoms with Crippen LogP contribution in [-0.2, 0) is 33.2 Å². The predicted molar refractivity (Wildman–Crippen MR) is 75.9 cm³/mol. The van der Waals surface area contributed by atoms with Gasteiger partial charge >= 0.3 is 0 Å². The molecule has 8 nitrogen and oxygen atoms in total. The van der Waals surface area contributed by atoms with E-state index in [1.165, 1.54) is 12.1 Å².